The van der Waals surface area contributed by atoms with Crippen LogP contribution in [0, 0.1) is 0 Å². The monoisotopic (exact) mass is 212 g/mol. The molecule has 0 aromatic heterocycles. The molecule has 0 heterocycles. The standard InChI is InChI=1S/C11H16O2S/c1-13-11-5-3-4-9(6-11)10(7-12)8-14-2/h3-6,10,12H,7-8H2,1-2H3. The first-order valence-electron chi connectivity index (χ1n) is 4.55. The van der Waals surface area contributed by atoms with Gasteiger partial charge in [0.25, 0.3) is 0 Å². The van der Waals surface area contributed by atoms with Crippen LogP contribution in [0.1, 0.15) is 11.5 Å². The zero-order valence-corrected chi connectivity index (χ0v) is 9.38. The van der Waals surface area contributed by atoms with E-state index in [0.29, 0.717) is 0 Å². The van der Waals surface area contributed by atoms with Crippen LogP contribution < -0.4 is 4.74 Å². The maximum absolute atomic E-state index is 9.22. The molecule has 0 spiro atoms. The van der Waals surface area contributed by atoms with Crippen LogP contribution in [0.5, 0.6) is 5.75 Å². The molecule has 78 valence electrons. The summed E-state index contributed by atoms with van der Waals surface area (Å²) < 4.78 is 5.14. The average Bonchev–Trinajstić information content (AvgIpc) is 2.26. The largest absolute Gasteiger partial charge is 0.497 e. The lowest BCUT2D eigenvalue weighted by molar-refractivity contribution is 0.274. The van der Waals surface area contributed by atoms with Gasteiger partial charge in [-0.2, -0.15) is 11.8 Å². The summed E-state index contributed by atoms with van der Waals surface area (Å²) in [6.07, 6.45) is 2.04. The molecule has 1 atom stereocenters. The highest BCUT2D eigenvalue weighted by Crippen LogP contribution is 2.22. The number of methoxy groups -OCH3 is 1. The molecule has 1 unspecified atom stereocenters. The number of thioether (sulfide) groups is 1. The second kappa shape index (κ2) is 5.94. The van der Waals surface area contributed by atoms with E-state index < -0.39 is 0 Å². The van der Waals surface area contributed by atoms with E-state index in [1.807, 2.05) is 30.5 Å². The van der Waals surface area contributed by atoms with Gasteiger partial charge in [-0.25, -0.2) is 0 Å². The Hall–Kier alpha value is -0.670. The van der Waals surface area contributed by atoms with Gasteiger partial charge in [0.1, 0.15) is 5.75 Å². The summed E-state index contributed by atoms with van der Waals surface area (Å²) in [6.45, 7) is 0.188. The molecule has 0 saturated heterocycles. The van der Waals surface area contributed by atoms with Crippen molar-refractivity contribution in [1.29, 1.82) is 0 Å². The van der Waals surface area contributed by atoms with E-state index in [2.05, 4.69) is 0 Å². The van der Waals surface area contributed by atoms with Crippen LogP contribution in [-0.2, 0) is 0 Å². The minimum Gasteiger partial charge on any atom is -0.497 e. The lowest BCUT2D eigenvalue weighted by Gasteiger charge is -2.13. The maximum Gasteiger partial charge on any atom is 0.119 e. The third kappa shape index (κ3) is 2.93. The van der Waals surface area contributed by atoms with Crippen molar-refractivity contribution in [2.45, 2.75) is 5.92 Å². The minimum atomic E-state index is 0.188. The number of hydrogen-bond acceptors (Lipinski definition) is 3. The van der Waals surface area contributed by atoms with Crippen molar-refractivity contribution in [3.05, 3.63) is 29.8 Å². The van der Waals surface area contributed by atoms with E-state index in [1.165, 1.54) is 0 Å². The fourth-order valence-electron chi connectivity index (χ4n) is 1.35. The molecule has 1 aromatic rings. The maximum atomic E-state index is 9.22. The lowest BCUT2D eigenvalue weighted by atomic mass is 10.0. The second-order valence-corrected chi connectivity index (χ2v) is 4.02. The average molecular weight is 212 g/mol. The summed E-state index contributed by atoms with van der Waals surface area (Å²) in [4.78, 5) is 0. The molecule has 14 heavy (non-hydrogen) atoms. The fourth-order valence-corrected chi connectivity index (χ4v) is 2.05. The number of rotatable bonds is 5. The van der Waals surface area contributed by atoms with Gasteiger partial charge >= 0.3 is 0 Å². The van der Waals surface area contributed by atoms with Crippen LogP contribution in [0.3, 0.4) is 0 Å². The molecule has 0 aliphatic rings. The van der Waals surface area contributed by atoms with Gasteiger partial charge in [0.2, 0.25) is 0 Å². The predicted molar refractivity (Wildman–Crippen MR) is 61.2 cm³/mol. The molecule has 1 rings (SSSR count). The Morgan fingerprint density at radius 1 is 1.50 bits per heavy atom. The van der Waals surface area contributed by atoms with Crippen LogP contribution in [-0.4, -0.2) is 30.8 Å². The van der Waals surface area contributed by atoms with Gasteiger partial charge in [0.15, 0.2) is 0 Å². The quantitative estimate of drug-likeness (QED) is 0.811. The molecule has 1 N–H and O–H groups in total. The van der Waals surface area contributed by atoms with Gasteiger partial charge in [-0.05, 0) is 24.0 Å². The zero-order valence-electron chi connectivity index (χ0n) is 8.56. The van der Waals surface area contributed by atoms with Crippen molar-refractivity contribution in [3.8, 4) is 5.75 Å². The molecule has 3 heteroatoms. The van der Waals surface area contributed by atoms with E-state index in [9.17, 15) is 5.11 Å². The molecule has 1 aromatic carbocycles. The van der Waals surface area contributed by atoms with Crippen LogP contribution in [0.4, 0.5) is 0 Å². The van der Waals surface area contributed by atoms with Crippen LogP contribution in [0.25, 0.3) is 0 Å². The van der Waals surface area contributed by atoms with Crippen LogP contribution >= 0.6 is 11.8 Å². The van der Waals surface area contributed by atoms with E-state index >= 15 is 0 Å². The SMILES string of the molecule is COc1cccc(C(CO)CSC)c1. The number of aliphatic hydroxyl groups excluding tert-OH is 1. The van der Waals surface area contributed by atoms with E-state index in [-0.39, 0.29) is 12.5 Å². The smallest absolute Gasteiger partial charge is 0.119 e. The molecule has 0 radical (unpaired) electrons. The van der Waals surface area contributed by atoms with Crippen LogP contribution in [0.2, 0.25) is 0 Å². The van der Waals surface area contributed by atoms with Gasteiger partial charge in [0, 0.05) is 11.7 Å². The highest BCUT2D eigenvalue weighted by molar-refractivity contribution is 7.98. The first-order chi connectivity index (χ1) is 6.81. The Morgan fingerprint density at radius 2 is 2.29 bits per heavy atom. The van der Waals surface area contributed by atoms with Crippen molar-refractivity contribution in [3.63, 3.8) is 0 Å². The predicted octanol–water partition coefficient (Wildman–Crippen LogP) is 2.13. The molecule has 0 aliphatic carbocycles. The Labute approximate surface area is 89.3 Å². The molecule has 0 aliphatic heterocycles. The number of aliphatic hydroxyl groups is 1. The van der Waals surface area contributed by atoms with E-state index in [0.717, 1.165) is 17.1 Å². The first-order valence-corrected chi connectivity index (χ1v) is 5.95. The lowest BCUT2D eigenvalue weighted by Crippen LogP contribution is -2.06. The third-order valence-electron chi connectivity index (χ3n) is 2.15. The van der Waals surface area contributed by atoms with Gasteiger partial charge in [-0.3, -0.25) is 0 Å². The van der Waals surface area contributed by atoms with Gasteiger partial charge < -0.3 is 9.84 Å². The van der Waals surface area contributed by atoms with Crippen molar-refractivity contribution >= 4 is 11.8 Å². The summed E-state index contributed by atoms with van der Waals surface area (Å²) in [5, 5.41) is 9.22. The molecule has 0 amide bonds. The highest BCUT2D eigenvalue weighted by atomic mass is 32.2. The molecule has 2 nitrogen and oxygen atoms in total. The summed E-state index contributed by atoms with van der Waals surface area (Å²) in [7, 11) is 1.65. The Balaban J connectivity index is 2.80. The van der Waals surface area contributed by atoms with Crippen molar-refractivity contribution < 1.29 is 9.84 Å². The van der Waals surface area contributed by atoms with Crippen molar-refractivity contribution in [2.24, 2.45) is 0 Å². The number of ether oxygens (including phenoxy) is 1. The normalized spacial score (nSPS) is 12.5. The van der Waals surface area contributed by atoms with E-state index in [1.54, 1.807) is 18.9 Å². The molecular formula is C11H16O2S. The summed E-state index contributed by atoms with van der Waals surface area (Å²) in [5.41, 5.74) is 1.14. The highest BCUT2D eigenvalue weighted by Gasteiger charge is 2.09. The molecular weight excluding hydrogens is 196 g/mol. The number of benzene rings is 1. The fraction of sp³-hybridized carbons (Fsp3) is 0.455. The van der Waals surface area contributed by atoms with Gasteiger partial charge in [-0.1, -0.05) is 12.1 Å². The molecule has 0 bridgehead atoms. The summed E-state index contributed by atoms with van der Waals surface area (Å²) in [6, 6.07) is 7.88. The van der Waals surface area contributed by atoms with Gasteiger partial charge in [0.05, 0.1) is 13.7 Å². The van der Waals surface area contributed by atoms with Crippen molar-refractivity contribution in [1.82, 2.24) is 0 Å². The minimum absolute atomic E-state index is 0.188. The van der Waals surface area contributed by atoms with E-state index in [4.69, 9.17) is 4.74 Å². The Kier molecular flexibility index (Phi) is 4.84. The number of hydrogen-bond donors (Lipinski definition) is 1. The first kappa shape index (κ1) is 11.4. The summed E-state index contributed by atoms with van der Waals surface area (Å²) >= 11 is 1.74. The third-order valence-corrected chi connectivity index (χ3v) is 2.89. The second-order valence-electron chi connectivity index (χ2n) is 3.11. The zero-order chi connectivity index (χ0) is 10.4. The van der Waals surface area contributed by atoms with Crippen molar-refractivity contribution in [2.75, 3.05) is 25.7 Å². The van der Waals surface area contributed by atoms with Crippen LogP contribution in [0.15, 0.2) is 24.3 Å². The molecule has 0 saturated carbocycles. The Morgan fingerprint density at radius 3 is 2.86 bits per heavy atom. The summed E-state index contributed by atoms with van der Waals surface area (Å²) in [5.74, 6) is 1.99. The Bertz CT molecular complexity index is 276. The topological polar surface area (TPSA) is 29.5 Å². The molecule has 0 fully saturated rings. The van der Waals surface area contributed by atoms with Gasteiger partial charge in [-0.15, -0.1) is 0 Å².